The number of amides is 1. The van der Waals surface area contributed by atoms with Gasteiger partial charge in [0.25, 0.3) is 5.91 Å². The fraction of sp³-hybridized carbons (Fsp3) is 0.562. The summed E-state index contributed by atoms with van der Waals surface area (Å²) in [4.78, 5) is 12.3. The van der Waals surface area contributed by atoms with Crippen LogP contribution in [0.25, 0.3) is 0 Å². The molecule has 2 N–H and O–H groups in total. The molecule has 0 saturated carbocycles. The number of hydrogen-bond acceptors (Lipinski definition) is 3. The molecular weight excluding hydrogens is 254 g/mol. The van der Waals surface area contributed by atoms with Crippen molar-refractivity contribution in [3.63, 3.8) is 0 Å². The Hall–Kier alpha value is -1.55. The number of carbonyl (C=O) groups excluding carboxylic acids is 1. The van der Waals surface area contributed by atoms with Crippen LogP contribution >= 0.6 is 0 Å². The van der Waals surface area contributed by atoms with E-state index in [-0.39, 0.29) is 18.1 Å². The minimum atomic E-state index is -0.428. The van der Waals surface area contributed by atoms with Crippen LogP contribution in [0.2, 0.25) is 0 Å². The molecule has 0 spiro atoms. The zero-order valence-electron chi connectivity index (χ0n) is 12.5. The molecule has 0 fully saturated rings. The number of nitrogens with one attached hydrogen (secondary N) is 1. The second-order valence-corrected chi connectivity index (χ2v) is 5.79. The van der Waals surface area contributed by atoms with Crippen LogP contribution in [0, 0.1) is 0 Å². The normalized spacial score (nSPS) is 23.6. The van der Waals surface area contributed by atoms with E-state index in [1.54, 1.807) is 13.0 Å². The summed E-state index contributed by atoms with van der Waals surface area (Å²) < 4.78 is 5.82. The van der Waals surface area contributed by atoms with Crippen molar-refractivity contribution in [2.45, 2.75) is 58.3 Å². The van der Waals surface area contributed by atoms with E-state index in [1.807, 2.05) is 26.0 Å². The van der Waals surface area contributed by atoms with E-state index in [9.17, 15) is 9.90 Å². The molecule has 1 aliphatic rings. The molecule has 110 valence electrons. The summed E-state index contributed by atoms with van der Waals surface area (Å²) in [6, 6.07) is 5.62. The molecule has 0 aromatic heterocycles. The molecule has 0 bridgehead atoms. The highest BCUT2D eigenvalue weighted by molar-refractivity contribution is 5.97. The summed E-state index contributed by atoms with van der Waals surface area (Å²) in [5.74, 6) is 0.859. The third-order valence-corrected chi connectivity index (χ3v) is 3.86. The monoisotopic (exact) mass is 277 g/mol. The lowest BCUT2D eigenvalue weighted by Crippen LogP contribution is -2.34. The third-order valence-electron chi connectivity index (χ3n) is 3.86. The highest BCUT2D eigenvalue weighted by Gasteiger charge is 2.31. The van der Waals surface area contributed by atoms with Crippen molar-refractivity contribution in [2.75, 3.05) is 0 Å². The lowest BCUT2D eigenvalue weighted by atomic mass is 9.96. The van der Waals surface area contributed by atoms with Crippen LogP contribution in [0.5, 0.6) is 5.75 Å². The minimum Gasteiger partial charge on any atom is -0.489 e. The number of aliphatic hydroxyl groups is 1. The highest BCUT2D eigenvalue weighted by Crippen LogP contribution is 2.40. The van der Waals surface area contributed by atoms with Gasteiger partial charge in [0.1, 0.15) is 11.9 Å². The van der Waals surface area contributed by atoms with Crippen LogP contribution in [0.15, 0.2) is 18.2 Å². The minimum absolute atomic E-state index is 0.0744. The summed E-state index contributed by atoms with van der Waals surface area (Å²) in [7, 11) is 0. The lowest BCUT2D eigenvalue weighted by molar-refractivity contribution is 0.0918. The van der Waals surface area contributed by atoms with E-state index in [2.05, 4.69) is 12.2 Å². The zero-order valence-corrected chi connectivity index (χ0v) is 12.5. The van der Waals surface area contributed by atoms with Crippen molar-refractivity contribution in [3.05, 3.63) is 29.3 Å². The van der Waals surface area contributed by atoms with Crippen molar-refractivity contribution in [3.8, 4) is 5.75 Å². The van der Waals surface area contributed by atoms with Gasteiger partial charge in [-0.05, 0) is 33.3 Å². The van der Waals surface area contributed by atoms with Gasteiger partial charge in [-0.2, -0.15) is 0 Å². The molecule has 0 aliphatic carbocycles. The molecule has 1 aromatic carbocycles. The van der Waals surface area contributed by atoms with Crippen LogP contribution in [-0.4, -0.2) is 29.3 Å². The first-order chi connectivity index (χ1) is 9.40. The Morgan fingerprint density at radius 1 is 1.40 bits per heavy atom. The molecule has 20 heavy (non-hydrogen) atoms. The van der Waals surface area contributed by atoms with Gasteiger partial charge in [-0.15, -0.1) is 0 Å². The first kappa shape index (κ1) is 14.9. The largest absolute Gasteiger partial charge is 0.489 e. The average molecular weight is 277 g/mol. The number of hydrogen-bond donors (Lipinski definition) is 2. The van der Waals surface area contributed by atoms with E-state index < -0.39 is 6.10 Å². The van der Waals surface area contributed by atoms with Gasteiger partial charge < -0.3 is 15.2 Å². The van der Waals surface area contributed by atoms with Crippen molar-refractivity contribution < 1.29 is 14.6 Å². The Kier molecular flexibility index (Phi) is 4.33. The van der Waals surface area contributed by atoms with Crippen molar-refractivity contribution >= 4 is 5.91 Å². The van der Waals surface area contributed by atoms with Crippen LogP contribution < -0.4 is 10.1 Å². The van der Waals surface area contributed by atoms with E-state index in [1.165, 1.54) is 0 Å². The molecule has 0 radical (unpaired) electrons. The predicted octanol–water partition coefficient (Wildman–Crippen LogP) is 2.46. The van der Waals surface area contributed by atoms with Crippen molar-refractivity contribution in [1.82, 2.24) is 5.32 Å². The molecule has 4 atom stereocenters. The van der Waals surface area contributed by atoms with E-state index in [0.717, 1.165) is 5.56 Å². The molecule has 0 saturated heterocycles. The topological polar surface area (TPSA) is 58.6 Å². The van der Waals surface area contributed by atoms with Crippen LogP contribution in [0.1, 0.15) is 56.0 Å². The van der Waals surface area contributed by atoms with Gasteiger partial charge in [0, 0.05) is 17.5 Å². The molecule has 1 aliphatic heterocycles. The van der Waals surface area contributed by atoms with Gasteiger partial charge >= 0.3 is 0 Å². The van der Waals surface area contributed by atoms with Crippen molar-refractivity contribution in [1.29, 1.82) is 0 Å². The predicted molar refractivity (Wildman–Crippen MR) is 78.2 cm³/mol. The van der Waals surface area contributed by atoms with Crippen LogP contribution in [-0.2, 0) is 0 Å². The molecule has 1 heterocycles. The smallest absolute Gasteiger partial charge is 0.255 e. The summed E-state index contributed by atoms with van der Waals surface area (Å²) in [6.07, 6.45) is 0.200. The molecular formula is C16H23NO3. The third kappa shape index (κ3) is 2.96. The van der Waals surface area contributed by atoms with E-state index >= 15 is 0 Å². The fourth-order valence-corrected chi connectivity index (χ4v) is 2.64. The van der Waals surface area contributed by atoms with Gasteiger partial charge in [0.15, 0.2) is 0 Å². The van der Waals surface area contributed by atoms with Gasteiger partial charge in [-0.25, -0.2) is 0 Å². The number of carbonyl (C=O) groups is 1. The highest BCUT2D eigenvalue weighted by atomic mass is 16.5. The molecule has 1 aromatic rings. The quantitative estimate of drug-likeness (QED) is 0.889. The second kappa shape index (κ2) is 5.83. The number of ether oxygens (including phenoxy) is 1. The molecule has 1 amide bonds. The first-order valence-electron chi connectivity index (χ1n) is 7.18. The molecule has 4 unspecified atom stereocenters. The van der Waals surface area contributed by atoms with Gasteiger partial charge in [-0.3, -0.25) is 4.79 Å². The lowest BCUT2D eigenvalue weighted by Gasteiger charge is -2.16. The number of para-hydroxylation sites is 1. The number of aliphatic hydroxyl groups excluding tert-OH is 1. The van der Waals surface area contributed by atoms with E-state index in [4.69, 9.17) is 4.74 Å². The van der Waals surface area contributed by atoms with Gasteiger partial charge in [0.2, 0.25) is 0 Å². The van der Waals surface area contributed by atoms with Crippen molar-refractivity contribution in [2.24, 2.45) is 0 Å². The Morgan fingerprint density at radius 3 is 2.75 bits per heavy atom. The van der Waals surface area contributed by atoms with Crippen LogP contribution in [0.4, 0.5) is 0 Å². The zero-order chi connectivity index (χ0) is 14.9. The van der Waals surface area contributed by atoms with E-state index in [0.29, 0.717) is 23.7 Å². The Labute approximate surface area is 120 Å². The Bertz CT molecular complexity index is 498. The summed E-state index contributed by atoms with van der Waals surface area (Å²) >= 11 is 0. The van der Waals surface area contributed by atoms with Gasteiger partial charge in [0.05, 0.1) is 11.7 Å². The second-order valence-electron chi connectivity index (χ2n) is 5.79. The molecule has 4 nitrogen and oxygen atoms in total. The van der Waals surface area contributed by atoms with Gasteiger partial charge in [-0.1, -0.05) is 19.1 Å². The average Bonchev–Trinajstić information content (AvgIpc) is 2.64. The SMILES string of the molecule is CC(O)CC(C)NC(=O)c1cccc2c1OC(C)C2C. The number of benzene rings is 1. The molecule has 2 rings (SSSR count). The summed E-state index contributed by atoms with van der Waals surface area (Å²) in [6.45, 7) is 7.73. The standard InChI is InChI=1S/C16H23NO3/c1-9(8-10(2)18)17-16(19)14-7-5-6-13-11(3)12(4)20-15(13)14/h5-7,9-12,18H,8H2,1-4H3,(H,17,19). The maximum Gasteiger partial charge on any atom is 0.255 e. The Balaban J connectivity index is 2.16. The summed E-state index contributed by atoms with van der Waals surface area (Å²) in [5.41, 5.74) is 1.67. The fourth-order valence-electron chi connectivity index (χ4n) is 2.64. The maximum atomic E-state index is 12.3. The Morgan fingerprint density at radius 2 is 2.10 bits per heavy atom. The maximum absolute atomic E-state index is 12.3. The number of fused-ring (bicyclic) bond motifs is 1. The number of rotatable bonds is 4. The van der Waals surface area contributed by atoms with Crippen LogP contribution in [0.3, 0.4) is 0 Å². The summed E-state index contributed by atoms with van der Waals surface area (Å²) in [5, 5.41) is 12.3. The first-order valence-corrected chi connectivity index (χ1v) is 7.18. The molecule has 4 heteroatoms.